The minimum Gasteiger partial charge on any atom is -0.383 e. The molecule has 0 aliphatic rings. The van der Waals surface area contributed by atoms with Gasteiger partial charge in [-0.05, 0) is 24.4 Å². The Kier molecular flexibility index (Phi) is 5.59. The Bertz CT molecular complexity index is 536. The molecule has 0 amide bonds. The summed E-state index contributed by atoms with van der Waals surface area (Å²) in [6, 6.07) is 10.7. The molecule has 1 aromatic carbocycles. The number of fused-ring (bicyclic) bond motifs is 1. The molecule has 1 aromatic heterocycles. The highest BCUT2D eigenvalue weighted by molar-refractivity contribution is 5.81. The molecule has 20 heavy (non-hydrogen) atoms. The van der Waals surface area contributed by atoms with Crippen molar-refractivity contribution in [2.75, 3.05) is 27.4 Å². The molecule has 1 heterocycles. The maximum Gasteiger partial charge on any atom is 0.0722 e. The third-order valence-electron chi connectivity index (χ3n) is 3.53. The third-order valence-corrected chi connectivity index (χ3v) is 3.53. The maximum atomic E-state index is 5.41. The molecule has 0 radical (unpaired) electrons. The van der Waals surface area contributed by atoms with Crippen LogP contribution in [0.4, 0.5) is 0 Å². The van der Waals surface area contributed by atoms with Crippen molar-refractivity contribution in [1.82, 2.24) is 9.88 Å². The number of hydrogen-bond acceptors (Lipinski definition) is 3. The Morgan fingerprint density at radius 3 is 2.80 bits per heavy atom. The van der Waals surface area contributed by atoms with Gasteiger partial charge in [0.1, 0.15) is 0 Å². The van der Waals surface area contributed by atoms with Crippen LogP contribution in [0.25, 0.3) is 10.9 Å². The van der Waals surface area contributed by atoms with Crippen LogP contribution in [0.5, 0.6) is 0 Å². The fourth-order valence-corrected chi connectivity index (χ4v) is 2.35. The highest BCUT2D eigenvalue weighted by Crippen LogP contribution is 2.20. The number of methoxy groups -OCH3 is 2. The molecule has 0 bridgehead atoms. The lowest BCUT2D eigenvalue weighted by Gasteiger charge is -2.15. The van der Waals surface area contributed by atoms with Gasteiger partial charge in [0, 0.05) is 45.1 Å². The normalized spacial score (nSPS) is 12.9. The smallest absolute Gasteiger partial charge is 0.0722 e. The fourth-order valence-electron chi connectivity index (χ4n) is 2.35. The summed E-state index contributed by atoms with van der Waals surface area (Å²) in [5, 5.41) is 4.69. The Labute approximate surface area is 120 Å². The molecule has 2 rings (SSSR count). The van der Waals surface area contributed by atoms with Crippen LogP contribution in [0.1, 0.15) is 12.6 Å². The number of hydrogen-bond donors (Lipinski definition) is 1. The van der Waals surface area contributed by atoms with Gasteiger partial charge in [-0.25, -0.2) is 0 Å². The number of aromatic nitrogens is 1. The average Bonchev–Trinajstić information content (AvgIpc) is 2.81. The Morgan fingerprint density at radius 1 is 1.25 bits per heavy atom. The summed E-state index contributed by atoms with van der Waals surface area (Å²) in [5.74, 6) is 0. The minimum atomic E-state index is 0.198. The van der Waals surface area contributed by atoms with E-state index >= 15 is 0 Å². The van der Waals surface area contributed by atoms with E-state index in [1.165, 1.54) is 16.6 Å². The predicted molar refractivity (Wildman–Crippen MR) is 82.0 cm³/mol. The van der Waals surface area contributed by atoms with E-state index in [4.69, 9.17) is 9.47 Å². The van der Waals surface area contributed by atoms with Crippen molar-refractivity contribution in [3.05, 3.63) is 36.0 Å². The van der Waals surface area contributed by atoms with Crippen molar-refractivity contribution in [1.29, 1.82) is 0 Å². The van der Waals surface area contributed by atoms with E-state index in [0.717, 1.165) is 26.2 Å². The van der Waals surface area contributed by atoms with Gasteiger partial charge < -0.3 is 19.4 Å². The van der Waals surface area contributed by atoms with Crippen LogP contribution in [-0.4, -0.2) is 38.0 Å². The summed E-state index contributed by atoms with van der Waals surface area (Å²) < 4.78 is 12.8. The number of rotatable bonds is 8. The lowest BCUT2D eigenvalue weighted by molar-refractivity contribution is 0.103. The second-order valence-electron chi connectivity index (χ2n) is 5.02. The van der Waals surface area contributed by atoms with Gasteiger partial charge in [-0.1, -0.05) is 18.2 Å². The number of benzene rings is 1. The molecule has 4 heteroatoms. The van der Waals surface area contributed by atoms with Gasteiger partial charge in [0.25, 0.3) is 0 Å². The standard InChI is InChI=1S/C16H24N2O2/c1-13(20-3)12-18-15(11-17-8-9-19-2)10-14-6-4-5-7-16(14)18/h4-7,10,13,17H,8-9,11-12H2,1-3H3. The van der Waals surface area contributed by atoms with E-state index in [9.17, 15) is 0 Å². The maximum absolute atomic E-state index is 5.41. The van der Waals surface area contributed by atoms with Gasteiger partial charge in [0.2, 0.25) is 0 Å². The topological polar surface area (TPSA) is 35.4 Å². The molecule has 0 saturated carbocycles. The lowest BCUT2D eigenvalue weighted by atomic mass is 10.2. The lowest BCUT2D eigenvalue weighted by Crippen LogP contribution is -2.22. The summed E-state index contributed by atoms with van der Waals surface area (Å²) in [6.07, 6.45) is 0.198. The van der Waals surface area contributed by atoms with Crippen molar-refractivity contribution in [2.24, 2.45) is 0 Å². The van der Waals surface area contributed by atoms with Crippen molar-refractivity contribution < 1.29 is 9.47 Å². The molecule has 0 spiro atoms. The zero-order valence-electron chi connectivity index (χ0n) is 12.6. The Balaban J connectivity index is 2.19. The molecule has 1 N–H and O–H groups in total. The van der Waals surface area contributed by atoms with E-state index in [-0.39, 0.29) is 6.10 Å². The molecule has 0 aliphatic heterocycles. The first-order valence-corrected chi connectivity index (χ1v) is 7.06. The minimum absolute atomic E-state index is 0.198. The highest BCUT2D eigenvalue weighted by atomic mass is 16.5. The molecule has 4 nitrogen and oxygen atoms in total. The first kappa shape index (κ1) is 15.0. The molecule has 110 valence electrons. The summed E-state index contributed by atoms with van der Waals surface area (Å²) >= 11 is 0. The van der Waals surface area contributed by atoms with E-state index < -0.39 is 0 Å². The Morgan fingerprint density at radius 2 is 2.05 bits per heavy atom. The largest absolute Gasteiger partial charge is 0.383 e. The van der Waals surface area contributed by atoms with E-state index in [1.54, 1.807) is 14.2 Å². The van der Waals surface area contributed by atoms with Crippen molar-refractivity contribution in [3.63, 3.8) is 0 Å². The summed E-state index contributed by atoms with van der Waals surface area (Å²) in [5.41, 5.74) is 2.55. The first-order valence-electron chi connectivity index (χ1n) is 7.06. The van der Waals surface area contributed by atoms with E-state index in [1.807, 2.05) is 0 Å². The van der Waals surface area contributed by atoms with Gasteiger partial charge in [0.15, 0.2) is 0 Å². The average molecular weight is 276 g/mol. The number of nitrogens with one attached hydrogen (secondary N) is 1. The van der Waals surface area contributed by atoms with E-state index in [0.29, 0.717) is 0 Å². The van der Waals surface area contributed by atoms with Gasteiger partial charge in [-0.15, -0.1) is 0 Å². The predicted octanol–water partition coefficient (Wildman–Crippen LogP) is 2.41. The summed E-state index contributed by atoms with van der Waals surface area (Å²) in [6.45, 7) is 5.39. The monoisotopic (exact) mass is 276 g/mol. The summed E-state index contributed by atoms with van der Waals surface area (Å²) in [4.78, 5) is 0. The quantitative estimate of drug-likeness (QED) is 0.752. The molecular formula is C16H24N2O2. The van der Waals surface area contributed by atoms with Gasteiger partial charge in [-0.3, -0.25) is 0 Å². The number of ether oxygens (including phenoxy) is 2. The van der Waals surface area contributed by atoms with Crippen LogP contribution in [0.3, 0.4) is 0 Å². The number of para-hydroxylation sites is 1. The fraction of sp³-hybridized carbons (Fsp3) is 0.500. The van der Waals surface area contributed by atoms with Crippen LogP contribution >= 0.6 is 0 Å². The van der Waals surface area contributed by atoms with E-state index in [2.05, 4.69) is 47.1 Å². The molecule has 0 fully saturated rings. The van der Waals surface area contributed by atoms with Crippen LogP contribution < -0.4 is 5.32 Å². The second kappa shape index (κ2) is 7.43. The van der Waals surface area contributed by atoms with Crippen molar-refractivity contribution in [3.8, 4) is 0 Å². The zero-order chi connectivity index (χ0) is 14.4. The molecular weight excluding hydrogens is 252 g/mol. The SMILES string of the molecule is COCCNCc1cc2ccccc2n1CC(C)OC. The number of nitrogens with zero attached hydrogens (tertiary/aromatic N) is 1. The van der Waals surface area contributed by atoms with Crippen molar-refractivity contribution in [2.45, 2.75) is 26.1 Å². The van der Waals surface area contributed by atoms with Crippen LogP contribution in [0.2, 0.25) is 0 Å². The molecule has 0 aliphatic carbocycles. The van der Waals surface area contributed by atoms with Crippen molar-refractivity contribution >= 4 is 10.9 Å². The second-order valence-corrected chi connectivity index (χ2v) is 5.02. The zero-order valence-corrected chi connectivity index (χ0v) is 12.6. The molecule has 1 unspecified atom stereocenters. The highest BCUT2D eigenvalue weighted by Gasteiger charge is 2.10. The van der Waals surface area contributed by atoms with Crippen LogP contribution in [0.15, 0.2) is 30.3 Å². The third kappa shape index (κ3) is 3.60. The van der Waals surface area contributed by atoms with Crippen LogP contribution in [-0.2, 0) is 22.6 Å². The first-order chi connectivity index (χ1) is 9.76. The summed E-state index contributed by atoms with van der Waals surface area (Å²) in [7, 11) is 3.48. The molecule has 0 saturated heterocycles. The molecule has 1 atom stereocenters. The van der Waals surface area contributed by atoms with Gasteiger partial charge in [0.05, 0.1) is 12.7 Å². The molecule has 2 aromatic rings. The van der Waals surface area contributed by atoms with Gasteiger partial charge in [-0.2, -0.15) is 0 Å². The van der Waals surface area contributed by atoms with Crippen LogP contribution in [0, 0.1) is 0 Å². The van der Waals surface area contributed by atoms with Gasteiger partial charge >= 0.3 is 0 Å². The Hall–Kier alpha value is -1.36.